The van der Waals surface area contributed by atoms with Crippen LogP contribution in [-0.4, -0.2) is 6.67 Å². The molecule has 16 heavy (non-hydrogen) atoms. The van der Waals surface area contributed by atoms with Gasteiger partial charge in [-0.15, -0.1) is 0 Å². The number of aryl methyl sites for hydroxylation is 1. The van der Waals surface area contributed by atoms with E-state index in [1.165, 1.54) is 16.7 Å². The number of alkyl halides is 1. The molecule has 0 fully saturated rings. The fourth-order valence-corrected chi connectivity index (χ4v) is 1.77. The Hall–Kier alpha value is -1.63. The summed E-state index contributed by atoms with van der Waals surface area (Å²) in [6, 6.07) is 18.6. The molecule has 0 saturated carbocycles. The van der Waals surface area contributed by atoms with Crippen LogP contribution < -0.4 is 0 Å². The zero-order valence-electron chi connectivity index (χ0n) is 9.20. The Morgan fingerprint density at radius 3 is 2.00 bits per heavy atom. The van der Waals surface area contributed by atoms with Gasteiger partial charge in [-0.3, -0.25) is 4.39 Å². The Morgan fingerprint density at radius 2 is 1.38 bits per heavy atom. The molecule has 2 rings (SSSR count). The van der Waals surface area contributed by atoms with Crippen molar-refractivity contribution < 1.29 is 4.39 Å². The summed E-state index contributed by atoms with van der Waals surface area (Å²) in [5.41, 5.74) is 3.64. The van der Waals surface area contributed by atoms with Crippen LogP contribution in [0.5, 0.6) is 0 Å². The predicted molar refractivity (Wildman–Crippen MR) is 66.2 cm³/mol. The van der Waals surface area contributed by atoms with Gasteiger partial charge >= 0.3 is 0 Å². The number of benzene rings is 2. The maximum absolute atomic E-state index is 12.0. The lowest BCUT2D eigenvalue weighted by Gasteiger charge is -2.03. The van der Waals surface area contributed by atoms with Gasteiger partial charge in [0.25, 0.3) is 0 Å². The normalized spacial score (nSPS) is 10.3. The average Bonchev–Trinajstić information content (AvgIpc) is 2.38. The summed E-state index contributed by atoms with van der Waals surface area (Å²) in [6.45, 7) is -0.236. The fraction of sp³-hybridized carbons (Fsp3) is 0.200. The molecule has 0 heterocycles. The van der Waals surface area contributed by atoms with Gasteiger partial charge in [0.2, 0.25) is 0 Å². The van der Waals surface area contributed by atoms with Crippen molar-refractivity contribution in [1.82, 2.24) is 0 Å². The van der Waals surface area contributed by atoms with Crippen LogP contribution in [-0.2, 0) is 6.42 Å². The third kappa shape index (κ3) is 2.69. The van der Waals surface area contributed by atoms with Gasteiger partial charge in [-0.05, 0) is 29.5 Å². The van der Waals surface area contributed by atoms with Crippen molar-refractivity contribution in [2.45, 2.75) is 12.8 Å². The molecular weight excluding hydrogens is 199 g/mol. The lowest BCUT2D eigenvalue weighted by molar-refractivity contribution is 0.473. The lowest BCUT2D eigenvalue weighted by atomic mass is 10.0. The molecule has 2 aromatic rings. The van der Waals surface area contributed by atoms with Gasteiger partial charge in [0.05, 0.1) is 6.67 Å². The summed E-state index contributed by atoms with van der Waals surface area (Å²) >= 11 is 0. The summed E-state index contributed by atoms with van der Waals surface area (Å²) in [5.74, 6) is 0. The van der Waals surface area contributed by atoms with E-state index in [-0.39, 0.29) is 6.67 Å². The summed E-state index contributed by atoms with van der Waals surface area (Å²) in [6.07, 6.45) is 1.44. The van der Waals surface area contributed by atoms with Gasteiger partial charge in [0.15, 0.2) is 0 Å². The maximum atomic E-state index is 12.0. The van der Waals surface area contributed by atoms with Crippen molar-refractivity contribution >= 4 is 0 Å². The number of hydrogen-bond donors (Lipinski definition) is 0. The molecule has 0 spiro atoms. The Bertz CT molecular complexity index is 417. The third-order valence-corrected chi connectivity index (χ3v) is 2.66. The second kappa shape index (κ2) is 5.45. The van der Waals surface area contributed by atoms with Gasteiger partial charge in [0.1, 0.15) is 0 Å². The zero-order valence-corrected chi connectivity index (χ0v) is 9.20. The summed E-state index contributed by atoms with van der Waals surface area (Å²) < 4.78 is 12.0. The molecule has 0 aliphatic heterocycles. The molecule has 0 atom stereocenters. The molecule has 0 aromatic heterocycles. The largest absolute Gasteiger partial charge is 0.251 e. The first-order chi connectivity index (χ1) is 7.90. The summed E-state index contributed by atoms with van der Waals surface area (Å²) in [4.78, 5) is 0. The number of hydrogen-bond acceptors (Lipinski definition) is 0. The predicted octanol–water partition coefficient (Wildman–Crippen LogP) is 4.26. The Morgan fingerprint density at radius 1 is 0.750 bits per heavy atom. The quantitative estimate of drug-likeness (QED) is 0.713. The monoisotopic (exact) mass is 214 g/mol. The molecule has 0 nitrogen and oxygen atoms in total. The van der Waals surface area contributed by atoms with Crippen molar-refractivity contribution in [2.24, 2.45) is 0 Å². The molecule has 0 radical (unpaired) electrons. The van der Waals surface area contributed by atoms with E-state index in [1.807, 2.05) is 18.2 Å². The van der Waals surface area contributed by atoms with Crippen molar-refractivity contribution in [3.05, 3.63) is 60.2 Å². The molecule has 0 N–H and O–H groups in total. The van der Waals surface area contributed by atoms with Crippen LogP contribution in [0, 0.1) is 0 Å². The van der Waals surface area contributed by atoms with E-state index in [2.05, 4.69) is 36.4 Å². The second-order valence-electron chi connectivity index (χ2n) is 3.86. The van der Waals surface area contributed by atoms with Crippen molar-refractivity contribution in [2.75, 3.05) is 6.67 Å². The highest BCUT2D eigenvalue weighted by Gasteiger charge is 1.97. The van der Waals surface area contributed by atoms with E-state index in [0.29, 0.717) is 6.42 Å². The van der Waals surface area contributed by atoms with Crippen LogP contribution in [0.3, 0.4) is 0 Å². The van der Waals surface area contributed by atoms with E-state index in [4.69, 9.17) is 0 Å². The standard InChI is InChI=1S/C15H15F/c16-12-4-5-13-8-10-15(11-9-13)14-6-2-1-3-7-14/h1-3,6-11H,4-5,12H2. The first-order valence-electron chi connectivity index (χ1n) is 5.60. The lowest BCUT2D eigenvalue weighted by Crippen LogP contribution is -1.86. The first-order valence-corrected chi connectivity index (χ1v) is 5.60. The second-order valence-corrected chi connectivity index (χ2v) is 3.86. The van der Waals surface area contributed by atoms with E-state index >= 15 is 0 Å². The van der Waals surface area contributed by atoms with Crippen LogP contribution in [0.2, 0.25) is 0 Å². The van der Waals surface area contributed by atoms with Crippen LogP contribution in [0.15, 0.2) is 54.6 Å². The minimum atomic E-state index is -0.236. The van der Waals surface area contributed by atoms with E-state index in [1.54, 1.807) is 0 Å². The molecule has 2 aromatic carbocycles. The highest BCUT2D eigenvalue weighted by molar-refractivity contribution is 5.63. The molecule has 82 valence electrons. The topological polar surface area (TPSA) is 0 Å². The average molecular weight is 214 g/mol. The van der Waals surface area contributed by atoms with Crippen LogP contribution >= 0.6 is 0 Å². The Balaban J connectivity index is 2.13. The minimum absolute atomic E-state index is 0.236. The number of halogens is 1. The Labute approximate surface area is 95.7 Å². The van der Waals surface area contributed by atoms with E-state index < -0.39 is 0 Å². The molecule has 0 bridgehead atoms. The minimum Gasteiger partial charge on any atom is -0.251 e. The summed E-state index contributed by atoms with van der Waals surface area (Å²) in [5, 5.41) is 0. The van der Waals surface area contributed by atoms with Crippen LogP contribution in [0.1, 0.15) is 12.0 Å². The number of rotatable bonds is 4. The fourth-order valence-electron chi connectivity index (χ4n) is 1.77. The molecule has 0 aliphatic carbocycles. The van der Waals surface area contributed by atoms with Crippen LogP contribution in [0.25, 0.3) is 11.1 Å². The molecule has 0 unspecified atom stereocenters. The summed E-state index contributed by atoms with van der Waals surface area (Å²) in [7, 11) is 0. The first kappa shape index (κ1) is 10.9. The SMILES string of the molecule is FCCCc1ccc(-c2ccccc2)cc1. The highest BCUT2D eigenvalue weighted by atomic mass is 19.1. The van der Waals surface area contributed by atoms with Gasteiger partial charge in [-0.2, -0.15) is 0 Å². The van der Waals surface area contributed by atoms with E-state index in [9.17, 15) is 4.39 Å². The molecule has 0 saturated heterocycles. The highest BCUT2D eigenvalue weighted by Crippen LogP contribution is 2.19. The van der Waals surface area contributed by atoms with Crippen molar-refractivity contribution in [1.29, 1.82) is 0 Å². The van der Waals surface area contributed by atoms with Gasteiger partial charge in [-0.25, -0.2) is 0 Å². The van der Waals surface area contributed by atoms with E-state index in [0.717, 1.165) is 6.42 Å². The molecule has 0 aliphatic rings. The molecule has 1 heteroatoms. The van der Waals surface area contributed by atoms with Gasteiger partial charge in [-0.1, -0.05) is 54.6 Å². The van der Waals surface area contributed by atoms with Crippen molar-refractivity contribution in [3.63, 3.8) is 0 Å². The Kier molecular flexibility index (Phi) is 3.71. The van der Waals surface area contributed by atoms with Crippen molar-refractivity contribution in [3.8, 4) is 11.1 Å². The molecular formula is C15H15F. The zero-order chi connectivity index (χ0) is 11.2. The smallest absolute Gasteiger partial charge is 0.0897 e. The maximum Gasteiger partial charge on any atom is 0.0897 e. The van der Waals surface area contributed by atoms with Gasteiger partial charge in [0, 0.05) is 0 Å². The molecule has 0 amide bonds. The van der Waals surface area contributed by atoms with Gasteiger partial charge < -0.3 is 0 Å². The third-order valence-electron chi connectivity index (χ3n) is 2.66. The van der Waals surface area contributed by atoms with Crippen LogP contribution in [0.4, 0.5) is 4.39 Å².